The van der Waals surface area contributed by atoms with Gasteiger partial charge in [0.05, 0.1) is 0 Å². The summed E-state index contributed by atoms with van der Waals surface area (Å²) in [5, 5.41) is 0. The Labute approximate surface area is 238 Å². The van der Waals surface area contributed by atoms with Crippen molar-refractivity contribution in [1.29, 1.82) is 0 Å². The van der Waals surface area contributed by atoms with Crippen LogP contribution in [0.2, 0.25) is 0 Å². The van der Waals surface area contributed by atoms with Crippen LogP contribution < -0.4 is 4.74 Å². The van der Waals surface area contributed by atoms with Crippen LogP contribution in [0.25, 0.3) is 0 Å². The molecule has 0 radical (unpaired) electrons. The van der Waals surface area contributed by atoms with Crippen LogP contribution in [0.15, 0.2) is 42.0 Å². The highest BCUT2D eigenvalue weighted by molar-refractivity contribution is 5.74. The van der Waals surface area contributed by atoms with E-state index >= 15 is 0 Å². The summed E-state index contributed by atoms with van der Waals surface area (Å²) in [6, 6.07) is 9.56. The number of benzene rings is 1. The second-order valence-corrected chi connectivity index (χ2v) is 14.7. The van der Waals surface area contributed by atoms with Crippen molar-refractivity contribution in [3.8, 4) is 5.75 Å². The van der Waals surface area contributed by atoms with E-state index in [0.29, 0.717) is 11.2 Å². The molecule has 39 heavy (non-hydrogen) atoms. The molecular weight excluding hydrogens is 480 g/mol. The fourth-order valence-corrected chi connectivity index (χ4v) is 9.76. The minimum absolute atomic E-state index is 0.0217. The molecule has 0 spiro atoms. The Bertz CT molecular complexity index is 1010. The van der Waals surface area contributed by atoms with Gasteiger partial charge >= 0.3 is 5.97 Å². The van der Waals surface area contributed by atoms with Gasteiger partial charge in [0.25, 0.3) is 0 Å². The molecule has 0 N–H and O–H groups in total. The molecule has 216 valence electrons. The molecule has 9 atom stereocenters. The van der Waals surface area contributed by atoms with Crippen LogP contribution in [0.5, 0.6) is 5.75 Å². The zero-order chi connectivity index (χ0) is 27.8. The Morgan fingerprint density at radius 3 is 2.46 bits per heavy atom. The average molecular weight is 535 g/mol. The number of carbonyl (C=O) groups is 1. The normalized spacial score (nSPS) is 37.2. The van der Waals surface area contributed by atoms with Gasteiger partial charge in [-0.1, -0.05) is 83.7 Å². The van der Waals surface area contributed by atoms with Crippen LogP contribution in [-0.4, -0.2) is 18.2 Å². The molecule has 1 aromatic carbocycles. The van der Waals surface area contributed by atoms with Crippen molar-refractivity contribution in [2.75, 3.05) is 0 Å². The monoisotopic (exact) mass is 534 g/mol. The Kier molecular flexibility index (Phi) is 8.56. The minimum atomic E-state index is -0.593. The van der Waals surface area contributed by atoms with Gasteiger partial charge in [0.1, 0.15) is 11.9 Å². The molecule has 3 fully saturated rings. The average Bonchev–Trinajstić information content (AvgIpc) is 3.26. The third-order valence-corrected chi connectivity index (χ3v) is 11.9. The van der Waals surface area contributed by atoms with Gasteiger partial charge in [0.15, 0.2) is 6.10 Å². The van der Waals surface area contributed by atoms with Crippen molar-refractivity contribution in [3.05, 3.63) is 42.0 Å². The zero-order valence-electron chi connectivity index (χ0n) is 25.6. The number of rotatable bonds is 9. The molecule has 3 heteroatoms. The minimum Gasteiger partial charge on any atom is -0.479 e. The lowest BCUT2D eigenvalue weighted by Gasteiger charge is -2.58. The van der Waals surface area contributed by atoms with Crippen LogP contribution >= 0.6 is 0 Å². The van der Waals surface area contributed by atoms with Gasteiger partial charge < -0.3 is 9.47 Å². The maximum Gasteiger partial charge on any atom is 0.347 e. The quantitative estimate of drug-likeness (QED) is 0.234. The van der Waals surface area contributed by atoms with E-state index in [1.165, 1.54) is 51.4 Å². The lowest BCUT2D eigenvalue weighted by Crippen LogP contribution is -2.51. The molecule has 4 aliphatic rings. The van der Waals surface area contributed by atoms with Crippen molar-refractivity contribution in [2.45, 2.75) is 124 Å². The number of para-hydroxylation sites is 1. The maximum atomic E-state index is 12.9. The molecule has 4 aliphatic carbocycles. The summed E-state index contributed by atoms with van der Waals surface area (Å²) in [7, 11) is 0. The predicted octanol–water partition coefficient (Wildman–Crippen LogP) is 9.41. The third-order valence-electron chi connectivity index (χ3n) is 11.9. The molecule has 9 unspecified atom stereocenters. The largest absolute Gasteiger partial charge is 0.479 e. The van der Waals surface area contributed by atoms with E-state index in [1.807, 2.05) is 30.3 Å². The lowest BCUT2D eigenvalue weighted by atomic mass is 9.47. The highest BCUT2D eigenvalue weighted by Gasteiger charge is 2.59. The van der Waals surface area contributed by atoms with Gasteiger partial charge in [-0.15, -0.1) is 0 Å². The summed E-state index contributed by atoms with van der Waals surface area (Å²) in [5.41, 5.74) is 2.38. The number of fused-ring (bicyclic) bond motifs is 5. The standard InChI is InChI=1S/C36H54O3/c1-24(2)11-10-12-25(3)31-17-18-32-30-16-15-27-23-29(19-21-35(27,5)33(30)20-22-36(31,32)6)39-34(37)26(4)38-28-13-8-7-9-14-28/h7-9,13-15,24-26,29-33H,10-12,16-23H2,1-6H3. The Hall–Kier alpha value is -1.77. The zero-order valence-corrected chi connectivity index (χ0v) is 25.6. The Balaban J connectivity index is 1.21. The number of ether oxygens (including phenoxy) is 2. The Morgan fingerprint density at radius 2 is 1.72 bits per heavy atom. The number of hydrogen-bond acceptors (Lipinski definition) is 3. The van der Waals surface area contributed by atoms with Gasteiger partial charge in [-0.05, 0) is 110 Å². The number of hydrogen-bond donors (Lipinski definition) is 0. The summed E-state index contributed by atoms with van der Waals surface area (Å²) in [5.74, 6) is 5.58. The first-order chi connectivity index (χ1) is 18.6. The predicted molar refractivity (Wildman–Crippen MR) is 159 cm³/mol. The molecule has 1 aromatic rings. The molecule has 0 amide bonds. The molecule has 0 aromatic heterocycles. The van der Waals surface area contributed by atoms with Crippen molar-refractivity contribution < 1.29 is 14.3 Å². The number of allylic oxidation sites excluding steroid dienone is 1. The van der Waals surface area contributed by atoms with E-state index in [2.05, 4.69) is 40.7 Å². The lowest BCUT2D eigenvalue weighted by molar-refractivity contribution is -0.159. The second-order valence-electron chi connectivity index (χ2n) is 14.7. The topological polar surface area (TPSA) is 35.5 Å². The van der Waals surface area contributed by atoms with Crippen LogP contribution in [0.3, 0.4) is 0 Å². The number of carbonyl (C=O) groups excluding carboxylic acids is 1. The molecule has 0 bridgehead atoms. The third kappa shape index (κ3) is 5.71. The van der Waals surface area contributed by atoms with E-state index in [-0.39, 0.29) is 17.5 Å². The molecule has 3 nitrogen and oxygen atoms in total. The molecule has 5 rings (SSSR count). The van der Waals surface area contributed by atoms with Gasteiger partial charge in [0.2, 0.25) is 0 Å². The van der Waals surface area contributed by atoms with Crippen LogP contribution in [-0.2, 0) is 9.53 Å². The van der Waals surface area contributed by atoms with Crippen LogP contribution in [0.1, 0.15) is 112 Å². The van der Waals surface area contributed by atoms with Crippen LogP contribution in [0.4, 0.5) is 0 Å². The molecule has 0 heterocycles. The van der Waals surface area contributed by atoms with Gasteiger partial charge in [0, 0.05) is 6.42 Å². The summed E-state index contributed by atoms with van der Waals surface area (Å²) < 4.78 is 11.9. The van der Waals surface area contributed by atoms with Gasteiger partial charge in [-0.3, -0.25) is 0 Å². The summed E-state index contributed by atoms with van der Waals surface area (Å²) in [6.45, 7) is 14.3. The summed E-state index contributed by atoms with van der Waals surface area (Å²) in [6.07, 6.45) is 16.1. The Morgan fingerprint density at radius 1 is 0.949 bits per heavy atom. The van der Waals surface area contributed by atoms with Gasteiger partial charge in [-0.25, -0.2) is 4.79 Å². The van der Waals surface area contributed by atoms with Crippen molar-refractivity contribution in [1.82, 2.24) is 0 Å². The first-order valence-electron chi connectivity index (χ1n) is 16.2. The number of esters is 1. The van der Waals surface area contributed by atoms with Gasteiger partial charge in [-0.2, -0.15) is 0 Å². The van der Waals surface area contributed by atoms with E-state index in [4.69, 9.17) is 9.47 Å². The molecule has 0 aliphatic heterocycles. The molecular formula is C36H54O3. The second kappa shape index (κ2) is 11.6. The van der Waals surface area contributed by atoms with Crippen molar-refractivity contribution >= 4 is 5.97 Å². The van der Waals surface area contributed by atoms with E-state index in [0.717, 1.165) is 54.8 Å². The fourth-order valence-electron chi connectivity index (χ4n) is 9.76. The van der Waals surface area contributed by atoms with Crippen molar-refractivity contribution in [3.63, 3.8) is 0 Å². The summed E-state index contributed by atoms with van der Waals surface area (Å²) >= 11 is 0. The first-order valence-corrected chi connectivity index (χ1v) is 16.2. The van der Waals surface area contributed by atoms with E-state index in [1.54, 1.807) is 12.5 Å². The van der Waals surface area contributed by atoms with E-state index in [9.17, 15) is 4.79 Å². The highest BCUT2D eigenvalue weighted by Crippen LogP contribution is 2.67. The van der Waals surface area contributed by atoms with Crippen molar-refractivity contribution in [2.24, 2.45) is 46.3 Å². The fraction of sp³-hybridized carbons (Fsp3) is 0.750. The van der Waals surface area contributed by atoms with E-state index < -0.39 is 6.10 Å². The first kappa shape index (κ1) is 28.7. The smallest absolute Gasteiger partial charge is 0.347 e. The highest BCUT2D eigenvalue weighted by atomic mass is 16.6. The maximum absolute atomic E-state index is 12.9. The SMILES string of the molecule is CC(C)CCCC(C)C1CCC2C3CC=C4CC(OC(=O)C(C)Oc5ccccc5)CCC4(C)C3CCC12C. The molecule has 3 saturated carbocycles. The van der Waals surface area contributed by atoms with Crippen LogP contribution in [0, 0.1) is 46.3 Å². The summed E-state index contributed by atoms with van der Waals surface area (Å²) in [4.78, 5) is 12.9. The molecule has 0 saturated heterocycles.